The molecule has 0 radical (unpaired) electrons. The van der Waals surface area contributed by atoms with Crippen LogP contribution < -0.4 is 10.1 Å². The van der Waals surface area contributed by atoms with Gasteiger partial charge in [0.1, 0.15) is 11.8 Å². The van der Waals surface area contributed by atoms with Crippen molar-refractivity contribution in [1.82, 2.24) is 10.2 Å². The van der Waals surface area contributed by atoms with Crippen molar-refractivity contribution < 1.29 is 14.3 Å². The molecule has 2 aromatic carbocycles. The number of aryl methyl sites for hydroxylation is 1. The monoisotopic (exact) mass is 422 g/mol. The zero-order chi connectivity index (χ0) is 22.1. The maximum absolute atomic E-state index is 13.1. The number of benzene rings is 2. The number of para-hydroxylation sites is 1. The fraction of sp³-hybridized carbons (Fsp3) is 0.462. The molecule has 0 unspecified atom stereocenters. The highest BCUT2D eigenvalue weighted by molar-refractivity contribution is 5.88. The first-order valence-corrected chi connectivity index (χ1v) is 11.4. The Morgan fingerprint density at radius 1 is 1.03 bits per heavy atom. The highest BCUT2D eigenvalue weighted by atomic mass is 16.5. The van der Waals surface area contributed by atoms with Gasteiger partial charge in [-0.1, -0.05) is 67.8 Å². The zero-order valence-corrected chi connectivity index (χ0v) is 18.7. The van der Waals surface area contributed by atoms with Crippen LogP contribution in [0, 0.1) is 6.92 Å². The fourth-order valence-corrected chi connectivity index (χ4v) is 4.08. The fourth-order valence-electron chi connectivity index (χ4n) is 4.08. The molecule has 2 aromatic rings. The number of hydrogen-bond acceptors (Lipinski definition) is 3. The smallest absolute Gasteiger partial charge is 0.261 e. The van der Waals surface area contributed by atoms with Crippen LogP contribution in [0.3, 0.4) is 0 Å². The Balaban J connectivity index is 1.65. The Bertz CT molecular complexity index is 847. The lowest BCUT2D eigenvalue weighted by molar-refractivity contribution is -0.141. The van der Waals surface area contributed by atoms with E-state index >= 15 is 0 Å². The summed E-state index contributed by atoms with van der Waals surface area (Å²) in [6.45, 7) is 4.15. The summed E-state index contributed by atoms with van der Waals surface area (Å²) < 4.78 is 5.79. The van der Waals surface area contributed by atoms with Gasteiger partial charge >= 0.3 is 0 Å². The SMILES string of the molecule is Cc1ccccc1OCC(=O)N(CCc1ccccc1)[C@H](C)C(=O)NC1CCCCC1. The summed E-state index contributed by atoms with van der Waals surface area (Å²) in [5.41, 5.74) is 2.12. The van der Waals surface area contributed by atoms with E-state index in [2.05, 4.69) is 5.32 Å². The van der Waals surface area contributed by atoms with Crippen LogP contribution in [0.1, 0.15) is 50.2 Å². The molecule has 0 aromatic heterocycles. The number of carbonyl (C=O) groups excluding carboxylic acids is 2. The molecule has 0 saturated heterocycles. The van der Waals surface area contributed by atoms with Crippen molar-refractivity contribution in [2.75, 3.05) is 13.2 Å². The van der Waals surface area contributed by atoms with Crippen molar-refractivity contribution in [2.45, 2.75) is 64.5 Å². The third-order valence-electron chi connectivity index (χ3n) is 6.05. The van der Waals surface area contributed by atoms with Gasteiger partial charge < -0.3 is 15.0 Å². The molecule has 1 atom stereocenters. The van der Waals surface area contributed by atoms with E-state index in [9.17, 15) is 9.59 Å². The van der Waals surface area contributed by atoms with Crippen molar-refractivity contribution in [2.24, 2.45) is 0 Å². The number of hydrogen-bond donors (Lipinski definition) is 1. The lowest BCUT2D eigenvalue weighted by atomic mass is 9.95. The zero-order valence-electron chi connectivity index (χ0n) is 18.7. The quantitative estimate of drug-likeness (QED) is 0.656. The molecule has 0 heterocycles. The lowest BCUT2D eigenvalue weighted by Gasteiger charge is -2.31. The first kappa shape index (κ1) is 22.9. The molecular formula is C26H34N2O3. The van der Waals surface area contributed by atoms with Crippen molar-refractivity contribution in [1.29, 1.82) is 0 Å². The summed E-state index contributed by atoms with van der Waals surface area (Å²) in [7, 11) is 0. The molecule has 5 nitrogen and oxygen atoms in total. The van der Waals surface area contributed by atoms with E-state index in [1.807, 2.05) is 68.4 Å². The number of nitrogens with zero attached hydrogens (tertiary/aromatic N) is 1. The van der Waals surface area contributed by atoms with Crippen LogP contribution in [0.2, 0.25) is 0 Å². The maximum atomic E-state index is 13.1. The Morgan fingerprint density at radius 2 is 1.71 bits per heavy atom. The van der Waals surface area contributed by atoms with Gasteiger partial charge in [0.15, 0.2) is 6.61 Å². The topological polar surface area (TPSA) is 58.6 Å². The first-order valence-electron chi connectivity index (χ1n) is 11.4. The Kier molecular flexibility index (Phi) is 8.51. The molecule has 2 amide bonds. The Hall–Kier alpha value is -2.82. The number of carbonyl (C=O) groups is 2. The average Bonchev–Trinajstić information content (AvgIpc) is 2.80. The molecule has 1 saturated carbocycles. The van der Waals surface area contributed by atoms with Crippen LogP contribution in [0.25, 0.3) is 0 Å². The van der Waals surface area contributed by atoms with E-state index in [4.69, 9.17) is 4.74 Å². The van der Waals surface area contributed by atoms with E-state index in [1.165, 1.54) is 6.42 Å². The van der Waals surface area contributed by atoms with Crippen molar-refractivity contribution in [3.8, 4) is 5.75 Å². The van der Waals surface area contributed by atoms with Gasteiger partial charge in [0.05, 0.1) is 0 Å². The van der Waals surface area contributed by atoms with Crippen LogP contribution in [0.15, 0.2) is 54.6 Å². The van der Waals surface area contributed by atoms with Gasteiger partial charge in [-0.15, -0.1) is 0 Å². The second-order valence-electron chi connectivity index (χ2n) is 8.40. The largest absolute Gasteiger partial charge is 0.484 e. The lowest BCUT2D eigenvalue weighted by Crippen LogP contribution is -2.52. The number of ether oxygens (including phenoxy) is 1. The van der Waals surface area contributed by atoms with E-state index in [0.717, 1.165) is 36.8 Å². The minimum Gasteiger partial charge on any atom is -0.484 e. The molecule has 166 valence electrons. The molecular weight excluding hydrogens is 388 g/mol. The number of amides is 2. The molecule has 1 aliphatic rings. The third kappa shape index (κ3) is 6.84. The molecule has 31 heavy (non-hydrogen) atoms. The normalized spacial score (nSPS) is 15.2. The van der Waals surface area contributed by atoms with Crippen LogP contribution in [0.4, 0.5) is 0 Å². The van der Waals surface area contributed by atoms with E-state index in [1.54, 1.807) is 4.90 Å². The van der Waals surface area contributed by atoms with Crippen molar-refractivity contribution >= 4 is 11.8 Å². The van der Waals surface area contributed by atoms with Crippen LogP contribution >= 0.6 is 0 Å². The van der Waals surface area contributed by atoms with Crippen LogP contribution in [-0.2, 0) is 16.0 Å². The van der Waals surface area contributed by atoms with E-state index < -0.39 is 6.04 Å². The predicted octanol–water partition coefficient (Wildman–Crippen LogP) is 4.28. The molecule has 1 aliphatic carbocycles. The Labute approximate surface area is 185 Å². The molecule has 0 aliphatic heterocycles. The highest BCUT2D eigenvalue weighted by Gasteiger charge is 2.28. The second-order valence-corrected chi connectivity index (χ2v) is 8.40. The molecule has 1 N–H and O–H groups in total. The van der Waals surface area contributed by atoms with Gasteiger partial charge in [-0.25, -0.2) is 0 Å². The maximum Gasteiger partial charge on any atom is 0.261 e. The van der Waals surface area contributed by atoms with E-state index in [-0.39, 0.29) is 24.5 Å². The van der Waals surface area contributed by atoms with Crippen molar-refractivity contribution in [3.63, 3.8) is 0 Å². The highest BCUT2D eigenvalue weighted by Crippen LogP contribution is 2.19. The summed E-state index contributed by atoms with van der Waals surface area (Å²) in [5, 5.41) is 3.16. The third-order valence-corrected chi connectivity index (χ3v) is 6.05. The standard InChI is InChI=1S/C26H34N2O3/c1-20-11-9-10-16-24(20)31-19-25(29)28(18-17-22-12-5-3-6-13-22)21(2)26(30)27-23-14-7-4-8-15-23/h3,5-6,9-13,16,21,23H,4,7-8,14-15,17-19H2,1-2H3,(H,27,30)/t21-/m1/s1. The predicted molar refractivity (Wildman–Crippen MR) is 123 cm³/mol. The van der Waals surface area contributed by atoms with Gasteiger partial charge in [-0.3, -0.25) is 9.59 Å². The van der Waals surface area contributed by atoms with Gasteiger partial charge in [-0.2, -0.15) is 0 Å². The first-order chi connectivity index (χ1) is 15.0. The summed E-state index contributed by atoms with van der Waals surface area (Å²) in [4.78, 5) is 27.7. The summed E-state index contributed by atoms with van der Waals surface area (Å²) in [6, 6.07) is 17.3. The molecule has 5 heteroatoms. The number of rotatable bonds is 9. The molecule has 3 rings (SSSR count). The van der Waals surface area contributed by atoms with Gasteiger partial charge in [0.2, 0.25) is 5.91 Å². The molecule has 1 fully saturated rings. The van der Waals surface area contributed by atoms with Crippen LogP contribution in [0.5, 0.6) is 5.75 Å². The van der Waals surface area contributed by atoms with Gasteiger partial charge in [0, 0.05) is 12.6 Å². The van der Waals surface area contributed by atoms with Crippen molar-refractivity contribution in [3.05, 3.63) is 65.7 Å². The average molecular weight is 423 g/mol. The minimum atomic E-state index is -0.543. The molecule has 0 spiro atoms. The minimum absolute atomic E-state index is 0.0794. The summed E-state index contributed by atoms with van der Waals surface area (Å²) >= 11 is 0. The molecule has 0 bridgehead atoms. The second kappa shape index (κ2) is 11.5. The van der Waals surface area contributed by atoms with Crippen LogP contribution in [-0.4, -0.2) is 41.9 Å². The van der Waals surface area contributed by atoms with E-state index in [0.29, 0.717) is 18.7 Å². The van der Waals surface area contributed by atoms with Gasteiger partial charge in [-0.05, 0) is 50.3 Å². The number of nitrogens with one attached hydrogen (secondary N) is 1. The summed E-state index contributed by atoms with van der Waals surface area (Å²) in [5.74, 6) is 0.438. The Morgan fingerprint density at radius 3 is 2.42 bits per heavy atom. The van der Waals surface area contributed by atoms with Gasteiger partial charge in [0.25, 0.3) is 5.91 Å². The summed E-state index contributed by atoms with van der Waals surface area (Å²) in [6.07, 6.45) is 6.28.